The van der Waals surface area contributed by atoms with Gasteiger partial charge in [0, 0.05) is 23.5 Å². The number of nitrogens with zero attached hydrogens (tertiary/aromatic N) is 3. The fourth-order valence-corrected chi connectivity index (χ4v) is 2.76. The van der Waals surface area contributed by atoms with E-state index in [0.29, 0.717) is 5.56 Å². The molecule has 0 aliphatic rings. The number of hydrogen-bond acceptors (Lipinski definition) is 3. The molecule has 3 aromatic rings. The molecule has 3 heteroatoms. The van der Waals surface area contributed by atoms with Gasteiger partial charge in [-0.2, -0.15) is 5.26 Å². The molecule has 2 aromatic carbocycles. The van der Waals surface area contributed by atoms with Gasteiger partial charge in [-0.3, -0.25) is 0 Å². The van der Waals surface area contributed by atoms with Crippen molar-refractivity contribution in [3.05, 3.63) is 72.1 Å². The lowest BCUT2D eigenvalue weighted by Crippen LogP contribution is -1.91. The third kappa shape index (κ3) is 4.30. The van der Waals surface area contributed by atoms with E-state index in [1.807, 2.05) is 24.5 Å². The molecule has 124 valence electrons. The monoisotopic (exact) mass is 327 g/mol. The molecule has 0 aliphatic carbocycles. The van der Waals surface area contributed by atoms with E-state index in [1.165, 1.54) is 24.8 Å². The Labute approximate surface area is 149 Å². The van der Waals surface area contributed by atoms with Crippen LogP contribution in [0.2, 0.25) is 0 Å². The predicted molar refractivity (Wildman–Crippen MR) is 101 cm³/mol. The maximum atomic E-state index is 8.87. The first kappa shape index (κ1) is 16.9. The second-order valence-electron chi connectivity index (χ2n) is 6.14. The van der Waals surface area contributed by atoms with Crippen molar-refractivity contribution in [2.45, 2.75) is 32.6 Å². The van der Waals surface area contributed by atoms with Crippen molar-refractivity contribution in [1.82, 2.24) is 9.97 Å². The molecule has 0 amide bonds. The average Bonchev–Trinajstić information content (AvgIpc) is 2.69. The van der Waals surface area contributed by atoms with Gasteiger partial charge >= 0.3 is 0 Å². The first-order valence-corrected chi connectivity index (χ1v) is 8.72. The van der Waals surface area contributed by atoms with Crippen molar-refractivity contribution in [3.8, 4) is 28.6 Å². The molecule has 3 nitrogen and oxygen atoms in total. The Morgan fingerprint density at radius 1 is 0.800 bits per heavy atom. The maximum Gasteiger partial charge on any atom is 0.159 e. The fourth-order valence-electron chi connectivity index (χ4n) is 2.76. The highest BCUT2D eigenvalue weighted by Crippen LogP contribution is 2.21. The van der Waals surface area contributed by atoms with Gasteiger partial charge in [0.25, 0.3) is 0 Å². The largest absolute Gasteiger partial charge is 0.236 e. The minimum absolute atomic E-state index is 0.653. The van der Waals surface area contributed by atoms with Crippen LogP contribution in [0.25, 0.3) is 22.5 Å². The molecule has 0 N–H and O–H groups in total. The van der Waals surface area contributed by atoms with Crippen molar-refractivity contribution in [2.24, 2.45) is 0 Å². The molecule has 0 atom stereocenters. The summed E-state index contributed by atoms with van der Waals surface area (Å²) in [5, 5.41) is 8.87. The lowest BCUT2D eigenvalue weighted by Gasteiger charge is -2.05. The summed E-state index contributed by atoms with van der Waals surface area (Å²) in [6, 6.07) is 18.1. The molecule has 25 heavy (non-hydrogen) atoms. The summed E-state index contributed by atoms with van der Waals surface area (Å²) < 4.78 is 0. The Kier molecular flexibility index (Phi) is 5.53. The van der Waals surface area contributed by atoms with Gasteiger partial charge in [0.1, 0.15) is 0 Å². The Morgan fingerprint density at radius 2 is 1.44 bits per heavy atom. The summed E-state index contributed by atoms with van der Waals surface area (Å²) in [5.41, 5.74) is 5.01. The van der Waals surface area contributed by atoms with E-state index in [9.17, 15) is 0 Å². The maximum absolute atomic E-state index is 8.87. The molecule has 0 saturated heterocycles. The fraction of sp³-hybridized carbons (Fsp3) is 0.227. The zero-order valence-corrected chi connectivity index (χ0v) is 14.4. The van der Waals surface area contributed by atoms with Crippen LogP contribution in [0, 0.1) is 11.3 Å². The van der Waals surface area contributed by atoms with Gasteiger partial charge in [0.15, 0.2) is 5.82 Å². The first-order valence-electron chi connectivity index (χ1n) is 8.72. The van der Waals surface area contributed by atoms with E-state index in [4.69, 9.17) is 5.26 Å². The average molecular weight is 327 g/mol. The first-order chi connectivity index (χ1) is 12.3. The molecule has 3 rings (SSSR count). The SMILES string of the molecule is CCCCCc1ccc(-c2ncc(-c3ccc(C#N)cc3)cn2)cc1. The Balaban J connectivity index is 1.72. The molecule has 0 spiro atoms. The lowest BCUT2D eigenvalue weighted by atomic mass is 10.0. The number of rotatable bonds is 6. The summed E-state index contributed by atoms with van der Waals surface area (Å²) in [6.07, 6.45) is 8.56. The van der Waals surface area contributed by atoms with Crippen LogP contribution in [0.15, 0.2) is 60.9 Å². The Morgan fingerprint density at radius 3 is 2.04 bits per heavy atom. The number of hydrogen-bond donors (Lipinski definition) is 0. The third-order valence-electron chi connectivity index (χ3n) is 4.28. The standard InChI is InChI=1S/C22H21N3/c1-2-3-4-5-17-6-12-20(13-7-17)22-24-15-21(16-25-22)19-10-8-18(14-23)9-11-19/h6-13,15-16H,2-5H2,1H3. The Hall–Kier alpha value is -2.99. The minimum Gasteiger partial charge on any atom is -0.236 e. The number of aryl methyl sites for hydroxylation is 1. The second kappa shape index (κ2) is 8.21. The summed E-state index contributed by atoms with van der Waals surface area (Å²) in [5.74, 6) is 0.734. The third-order valence-corrected chi connectivity index (χ3v) is 4.28. The van der Waals surface area contributed by atoms with Crippen molar-refractivity contribution in [2.75, 3.05) is 0 Å². The lowest BCUT2D eigenvalue weighted by molar-refractivity contribution is 0.717. The Bertz CT molecular complexity index is 842. The summed E-state index contributed by atoms with van der Waals surface area (Å²) in [4.78, 5) is 8.99. The van der Waals surface area contributed by atoms with Crippen molar-refractivity contribution in [1.29, 1.82) is 5.26 Å². The van der Waals surface area contributed by atoms with Gasteiger partial charge in [0.05, 0.1) is 11.6 Å². The molecule has 1 heterocycles. The topological polar surface area (TPSA) is 49.6 Å². The minimum atomic E-state index is 0.653. The highest BCUT2D eigenvalue weighted by atomic mass is 14.9. The number of nitriles is 1. The van der Waals surface area contributed by atoms with Crippen molar-refractivity contribution >= 4 is 0 Å². The van der Waals surface area contributed by atoms with Gasteiger partial charge < -0.3 is 0 Å². The molecule has 0 unspecified atom stereocenters. The smallest absolute Gasteiger partial charge is 0.159 e. The van der Waals surface area contributed by atoms with E-state index >= 15 is 0 Å². The summed E-state index contributed by atoms with van der Waals surface area (Å²) in [7, 11) is 0. The summed E-state index contributed by atoms with van der Waals surface area (Å²) >= 11 is 0. The van der Waals surface area contributed by atoms with Gasteiger partial charge in [-0.25, -0.2) is 9.97 Å². The van der Waals surface area contributed by atoms with Crippen LogP contribution in [0.3, 0.4) is 0 Å². The molecule has 0 fully saturated rings. The molecular weight excluding hydrogens is 306 g/mol. The van der Waals surface area contributed by atoms with Crippen molar-refractivity contribution in [3.63, 3.8) is 0 Å². The number of aromatic nitrogens is 2. The molecule has 0 radical (unpaired) electrons. The highest BCUT2D eigenvalue weighted by Gasteiger charge is 2.04. The van der Waals surface area contributed by atoms with E-state index < -0.39 is 0 Å². The van der Waals surface area contributed by atoms with E-state index in [0.717, 1.165) is 28.9 Å². The van der Waals surface area contributed by atoms with E-state index in [1.54, 1.807) is 12.1 Å². The van der Waals surface area contributed by atoms with E-state index in [-0.39, 0.29) is 0 Å². The van der Waals surface area contributed by atoms with Crippen LogP contribution in [0.5, 0.6) is 0 Å². The van der Waals surface area contributed by atoms with Gasteiger partial charge in [-0.1, -0.05) is 56.2 Å². The van der Waals surface area contributed by atoms with Gasteiger partial charge in [-0.05, 0) is 36.1 Å². The van der Waals surface area contributed by atoms with Crippen LogP contribution in [0.1, 0.15) is 37.3 Å². The van der Waals surface area contributed by atoms with Gasteiger partial charge in [-0.15, -0.1) is 0 Å². The van der Waals surface area contributed by atoms with Crippen LogP contribution in [-0.4, -0.2) is 9.97 Å². The molecule has 0 saturated carbocycles. The highest BCUT2D eigenvalue weighted by molar-refractivity contribution is 5.64. The van der Waals surface area contributed by atoms with Crippen molar-refractivity contribution < 1.29 is 0 Å². The second-order valence-corrected chi connectivity index (χ2v) is 6.14. The molecular formula is C22H21N3. The predicted octanol–water partition coefficient (Wildman–Crippen LogP) is 5.41. The number of benzene rings is 2. The molecule has 0 aliphatic heterocycles. The van der Waals surface area contributed by atoms with Crippen LogP contribution >= 0.6 is 0 Å². The van der Waals surface area contributed by atoms with Crippen LogP contribution in [-0.2, 0) is 6.42 Å². The molecule has 1 aromatic heterocycles. The van der Waals surface area contributed by atoms with Crippen LogP contribution < -0.4 is 0 Å². The number of unbranched alkanes of at least 4 members (excludes halogenated alkanes) is 2. The van der Waals surface area contributed by atoms with E-state index in [2.05, 4.69) is 47.2 Å². The van der Waals surface area contributed by atoms with Gasteiger partial charge in [0.2, 0.25) is 0 Å². The zero-order valence-electron chi connectivity index (χ0n) is 14.4. The normalized spacial score (nSPS) is 10.4. The summed E-state index contributed by atoms with van der Waals surface area (Å²) in [6.45, 7) is 2.22. The zero-order chi connectivity index (χ0) is 17.5. The molecule has 0 bridgehead atoms. The van der Waals surface area contributed by atoms with Crippen LogP contribution in [0.4, 0.5) is 0 Å². The quantitative estimate of drug-likeness (QED) is 0.568.